The highest BCUT2D eigenvalue weighted by atomic mass is 31.2. The molecule has 0 bridgehead atoms. The number of rotatable bonds is 77. The van der Waals surface area contributed by atoms with E-state index in [2.05, 4.69) is 197 Å². The fraction of sp³-hybridized carbons (Fsp3) is 0.615. The maximum atomic E-state index is 13.0. The first-order valence-corrected chi connectivity index (χ1v) is 44.7. The molecule has 0 aliphatic heterocycles. The largest absolute Gasteiger partial charge is 0.472 e. The Balaban J connectivity index is 4.63. The van der Waals surface area contributed by atoms with Crippen LogP contribution in [0.3, 0.4) is 0 Å². The first-order valence-electron chi connectivity index (χ1n) is 41.7. The molecule has 0 saturated heterocycles. The van der Waals surface area contributed by atoms with E-state index >= 15 is 0 Å². The molecule has 0 spiro atoms. The van der Waals surface area contributed by atoms with Crippen molar-refractivity contribution in [3.63, 3.8) is 0 Å². The highest BCUT2D eigenvalue weighted by Gasteiger charge is 2.29. The van der Waals surface area contributed by atoms with Gasteiger partial charge in [-0.05, 0) is 148 Å². The lowest BCUT2D eigenvalue weighted by atomic mass is 10.0. The van der Waals surface area contributed by atoms with E-state index in [0.29, 0.717) is 25.7 Å². The van der Waals surface area contributed by atoms with Crippen LogP contribution in [0.5, 0.6) is 0 Å². The summed E-state index contributed by atoms with van der Waals surface area (Å²) in [4.78, 5) is 58.7. The fourth-order valence-corrected chi connectivity index (χ4v) is 12.2. The number of esters is 3. The number of hydrogen-bond donors (Lipinski definition) is 4. The number of carbonyl (C=O) groups is 3. The van der Waals surface area contributed by atoms with E-state index in [1.807, 2.05) is 18.2 Å². The molecule has 0 aromatic rings. The van der Waals surface area contributed by atoms with Crippen LogP contribution in [0.25, 0.3) is 0 Å². The van der Waals surface area contributed by atoms with Crippen LogP contribution >= 0.6 is 15.6 Å². The Labute approximate surface area is 661 Å². The summed E-state index contributed by atoms with van der Waals surface area (Å²) >= 11 is 0. The number of aliphatic hydroxyl groups is 2. The van der Waals surface area contributed by atoms with Crippen LogP contribution in [0.4, 0.5) is 0 Å². The summed E-state index contributed by atoms with van der Waals surface area (Å²) in [5.74, 6) is -1.70. The van der Waals surface area contributed by atoms with Gasteiger partial charge in [-0.2, -0.15) is 0 Å². The van der Waals surface area contributed by atoms with Gasteiger partial charge in [-0.15, -0.1) is 0 Å². The van der Waals surface area contributed by atoms with Crippen molar-refractivity contribution in [2.24, 2.45) is 0 Å². The number of phosphoric ester groups is 2. The van der Waals surface area contributed by atoms with Crippen molar-refractivity contribution in [3.05, 3.63) is 194 Å². The van der Waals surface area contributed by atoms with E-state index in [1.54, 1.807) is 0 Å². The minimum Gasteiger partial charge on any atom is -0.463 e. The van der Waals surface area contributed by atoms with E-state index < -0.39 is 91.5 Å². The lowest BCUT2D eigenvalue weighted by Crippen LogP contribution is -2.29. The topological polar surface area (TPSA) is 231 Å². The van der Waals surface area contributed by atoms with E-state index in [0.717, 1.165) is 161 Å². The molecular formula is C91H148O16P2. The molecule has 0 radical (unpaired) electrons. The van der Waals surface area contributed by atoms with Gasteiger partial charge >= 0.3 is 33.6 Å². The minimum atomic E-state index is -4.97. The summed E-state index contributed by atoms with van der Waals surface area (Å²) in [5.41, 5.74) is 0. The third-order valence-electron chi connectivity index (χ3n) is 16.8. The number of ether oxygens (including phenoxy) is 3. The molecule has 0 saturated carbocycles. The molecule has 0 fully saturated rings. The van der Waals surface area contributed by atoms with Crippen molar-refractivity contribution in [1.82, 2.24) is 0 Å². The van der Waals surface area contributed by atoms with Gasteiger partial charge in [-0.3, -0.25) is 32.5 Å². The van der Waals surface area contributed by atoms with Crippen molar-refractivity contribution in [3.8, 4) is 0 Å². The van der Waals surface area contributed by atoms with Gasteiger partial charge in [0.15, 0.2) is 6.10 Å². The number of phosphoric acid groups is 2. The SMILES string of the molecule is CC/C=C\C/C=C\C/C=C\C/C=C\C/C=C\C/C=C\CCC(=O)OC(COC(=O)CCCCCCCCC/C=C\C/C=C\C/C=C\C/C=C\C/C=C\CC)COP(=O)(O)OCC(O)COP(=O)(O)OCC(O)COC(=O)CCCCCCCCCCCCCCCCC/C=C\C/C=C\C/C=C\C/C=C\C/C=C\CC. The Morgan fingerprint density at radius 3 is 0.761 bits per heavy atom. The molecule has 0 heterocycles. The van der Waals surface area contributed by atoms with Gasteiger partial charge in [0.05, 0.1) is 26.4 Å². The molecule has 5 unspecified atom stereocenters. The Kier molecular flexibility index (Phi) is 77.7. The summed E-state index contributed by atoms with van der Waals surface area (Å²) in [6, 6.07) is 0. The maximum absolute atomic E-state index is 13.0. The molecule has 0 amide bonds. The Morgan fingerprint density at radius 2 is 0.477 bits per heavy atom. The molecule has 5 atom stereocenters. The van der Waals surface area contributed by atoms with Gasteiger partial charge in [-0.1, -0.05) is 331 Å². The van der Waals surface area contributed by atoms with Gasteiger partial charge in [0, 0.05) is 19.3 Å². The predicted octanol–water partition coefficient (Wildman–Crippen LogP) is 25.1. The highest BCUT2D eigenvalue weighted by Crippen LogP contribution is 2.45. The molecular weight excluding hydrogens is 1410 g/mol. The zero-order valence-corrected chi connectivity index (χ0v) is 69.4. The minimum absolute atomic E-state index is 0.0304. The zero-order chi connectivity index (χ0) is 79.4. The standard InChI is InChI=1S/C91H148O16P2/c1-4-7-10-13-16-19-22-25-28-31-34-36-38-39-40-41-42-43-44-45-47-49-51-53-56-59-62-65-68-71-74-77-89(94)101-80-86(92)81-103-108(97,98)104-82-87(93)83-105-109(99,100)106-85-88(107-91(96)79-76-73-70-67-64-61-58-55-50-33-30-27-24-21-18-15-12-9-6-3)84-102-90(95)78-75-72-69-66-63-60-57-54-52-48-46-37-35-32-29-26-23-20-17-14-11-8-5-2/h7-12,16-21,25-30,34-37,39-40,48,50,52,55,61,64,70,73,86-88,92-93H,4-6,13-15,22-24,31-33,38,41-47,49,51,53-54,56-60,62-63,65-69,71-72,74-85H2,1-3H3,(H,97,98)(H,99,100)/b10-7-,11-8-,12-9-,19-16-,20-17-,21-18-,28-25-,29-26-,30-27-,36-34-,37-35-,40-39-,52-48-,55-50-,64-61-,73-70-. The smallest absolute Gasteiger partial charge is 0.463 e. The zero-order valence-electron chi connectivity index (χ0n) is 67.6. The fourth-order valence-electron chi connectivity index (χ4n) is 10.6. The number of aliphatic hydroxyl groups excluding tert-OH is 2. The number of unbranched alkanes of at least 4 members (excludes halogenated alkanes) is 22. The van der Waals surface area contributed by atoms with E-state index in [9.17, 15) is 43.5 Å². The third-order valence-corrected chi connectivity index (χ3v) is 18.7. The van der Waals surface area contributed by atoms with Crippen LogP contribution in [-0.4, -0.2) is 95.9 Å². The van der Waals surface area contributed by atoms with Crippen molar-refractivity contribution >= 4 is 33.6 Å². The molecule has 16 nitrogen and oxygen atoms in total. The van der Waals surface area contributed by atoms with E-state index in [1.165, 1.54) is 77.0 Å². The van der Waals surface area contributed by atoms with E-state index in [4.69, 9.17) is 32.3 Å². The molecule has 0 aliphatic carbocycles. The summed E-state index contributed by atoms with van der Waals surface area (Å²) < 4.78 is 61.2. The monoisotopic (exact) mass is 1560 g/mol. The first-order chi connectivity index (χ1) is 53.2. The second-order valence-corrected chi connectivity index (χ2v) is 30.0. The molecule has 0 aromatic heterocycles. The Morgan fingerprint density at radius 1 is 0.257 bits per heavy atom. The summed E-state index contributed by atoms with van der Waals surface area (Å²) in [6.45, 7) is 2.23. The van der Waals surface area contributed by atoms with E-state index in [-0.39, 0.29) is 19.3 Å². The molecule has 4 N–H and O–H groups in total. The quantitative estimate of drug-likeness (QED) is 0.0146. The highest BCUT2D eigenvalue weighted by molar-refractivity contribution is 7.47. The van der Waals surface area contributed by atoms with Crippen LogP contribution in [-0.2, 0) is 55.8 Å². The number of allylic oxidation sites excluding steroid dienone is 32. The summed E-state index contributed by atoms with van der Waals surface area (Å²) in [7, 11) is -9.84. The molecule has 0 aliphatic rings. The number of carbonyl (C=O) groups excluding carboxylic acids is 3. The van der Waals surface area contributed by atoms with Crippen molar-refractivity contribution < 1.29 is 75.8 Å². The van der Waals surface area contributed by atoms with Crippen molar-refractivity contribution in [1.29, 1.82) is 0 Å². The normalized spacial score (nSPS) is 14.9. The van der Waals surface area contributed by atoms with Gasteiger partial charge in [0.1, 0.15) is 25.4 Å². The Bertz CT molecular complexity index is 2760. The molecule has 0 rings (SSSR count). The van der Waals surface area contributed by atoms with Gasteiger partial charge < -0.3 is 34.2 Å². The second-order valence-electron chi connectivity index (χ2n) is 27.1. The van der Waals surface area contributed by atoms with Gasteiger partial charge in [-0.25, -0.2) is 9.13 Å². The van der Waals surface area contributed by atoms with Crippen LogP contribution in [0, 0.1) is 0 Å². The number of hydrogen-bond acceptors (Lipinski definition) is 14. The molecule has 18 heteroatoms. The van der Waals surface area contributed by atoms with Crippen molar-refractivity contribution in [2.45, 2.75) is 322 Å². The van der Waals surface area contributed by atoms with Crippen LogP contribution < -0.4 is 0 Å². The lowest BCUT2D eigenvalue weighted by Gasteiger charge is -2.21. The molecule has 109 heavy (non-hydrogen) atoms. The predicted molar refractivity (Wildman–Crippen MR) is 454 cm³/mol. The summed E-state index contributed by atoms with van der Waals surface area (Å²) in [5, 5.41) is 20.7. The third kappa shape index (κ3) is 83.2. The van der Waals surface area contributed by atoms with Gasteiger partial charge in [0.2, 0.25) is 0 Å². The average Bonchev–Trinajstić information content (AvgIpc) is 0.903. The van der Waals surface area contributed by atoms with Crippen LogP contribution in [0.2, 0.25) is 0 Å². The van der Waals surface area contributed by atoms with Gasteiger partial charge in [0.25, 0.3) is 0 Å². The lowest BCUT2D eigenvalue weighted by molar-refractivity contribution is -0.161. The average molecular weight is 1560 g/mol. The first kappa shape index (κ1) is 103. The molecule has 618 valence electrons. The van der Waals surface area contributed by atoms with Crippen molar-refractivity contribution in [2.75, 3.05) is 39.6 Å². The maximum Gasteiger partial charge on any atom is 0.472 e. The second kappa shape index (κ2) is 81.9. The van der Waals surface area contributed by atoms with Crippen LogP contribution in [0.15, 0.2) is 194 Å². The Hall–Kier alpha value is -5.61. The molecule has 0 aromatic carbocycles. The van der Waals surface area contributed by atoms with Crippen LogP contribution in [0.1, 0.15) is 303 Å². The summed E-state index contributed by atoms with van der Waals surface area (Å²) in [6.07, 6.45) is 108.